The van der Waals surface area contributed by atoms with Crippen LogP contribution in [0, 0.1) is 11.8 Å². The van der Waals surface area contributed by atoms with E-state index in [0.717, 1.165) is 25.9 Å². The van der Waals surface area contributed by atoms with Crippen molar-refractivity contribution in [2.24, 2.45) is 11.8 Å². The van der Waals surface area contributed by atoms with Gasteiger partial charge in [-0.25, -0.2) is 0 Å². The van der Waals surface area contributed by atoms with Crippen molar-refractivity contribution in [2.75, 3.05) is 27.2 Å². The third-order valence-electron chi connectivity index (χ3n) is 3.47. The standard InChI is InChI=1S/C11H20N2O/c1-8-6-13(7-10(8)12(2)3)11(14)9-4-5-9/h8-10H,4-7H2,1-3H3. The molecule has 1 saturated heterocycles. The lowest BCUT2D eigenvalue weighted by Gasteiger charge is -2.22. The zero-order valence-corrected chi connectivity index (χ0v) is 9.36. The van der Waals surface area contributed by atoms with Crippen molar-refractivity contribution >= 4 is 5.91 Å². The fourth-order valence-electron chi connectivity index (χ4n) is 2.39. The van der Waals surface area contributed by atoms with Crippen molar-refractivity contribution in [3.63, 3.8) is 0 Å². The molecule has 0 spiro atoms. The lowest BCUT2D eigenvalue weighted by Crippen LogP contribution is -2.36. The number of amides is 1. The molecule has 0 aromatic heterocycles. The third-order valence-corrected chi connectivity index (χ3v) is 3.47. The molecule has 1 amide bonds. The van der Waals surface area contributed by atoms with Crippen LogP contribution in [0.15, 0.2) is 0 Å². The molecule has 2 fully saturated rings. The van der Waals surface area contributed by atoms with Crippen molar-refractivity contribution in [3.8, 4) is 0 Å². The normalized spacial score (nSPS) is 32.7. The Bertz CT molecular complexity index is 235. The Labute approximate surface area is 86.1 Å². The van der Waals surface area contributed by atoms with Crippen molar-refractivity contribution in [3.05, 3.63) is 0 Å². The van der Waals surface area contributed by atoms with Gasteiger partial charge in [0.05, 0.1) is 0 Å². The monoisotopic (exact) mass is 196 g/mol. The summed E-state index contributed by atoms with van der Waals surface area (Å²) < 4.78 is 0. The van der Waals surface area contributed by atoms with E-state index < -0.39 is 0 Å². The van der Waals surface area contributed by atoms with E-state index in [1.807, 2.05) is 0 Å². The van der Waals surface area contributed by atoms with Crippen LogP contribution in [0.2, 0.25) is 0 Å². The molecule has 0 bridgehead atoms. The molecule has 3 heteroatoms. The summed E-state index contributed by atoms with van der Waals surface area (Å²) in [6.07, 6.45) is 2.24. The van der Waals surface area contributed by atoms with Gasteiger partial charge in [0.2, 0.25) is 5.91 Å². The molecule has 2 rings (SSSR count). The van der Waals surface area contributed by atoms with Crippen LogP contribution in [0.5, 0.6) is 0 Å². The summed E-state index contributed by atoms with van der Waals surface area (Å²) in [5.41, 5.74) is 0. The Morgan fingerprint density at radius 2 is 1.93 bits per heavy atom. The summed E-state index contributed by atoms with van der Waals surface area (Å²) in [4.78, 5) is 16.1. The zero-order valence-electron chi connectivity index (χ0n) is 9.36. The van der Waals surface area contributed by atoms with Gasteiger partial charge in [-0.05, 0) is 32.9 Å². The lowest BCUT2D eigenvalue weighted by molar-refractivity contribution is -0.131. The average molecular weight is 196 g/mol. The summed E-state index contributed by atoms with van der Waals surface area (Å²) >= 11 is 0. The van der Waals surface area contributed by atoms with E-state index in [0.29, 0.717) is 23.8 Å². The molecule has 1 heterocycles. The summed E-state index contributed by atoms with van der Waals surface area (Å²) in [7, 11) is 4.21. The lowest BCUT2D eigenvalue weighted by atomic mass is 10.1. The molecule has 2 atom stereocenters. The fourth-order valence-corrected chi connectivity index (χ4v) is 2.39. The van der Waals surface area contributed by atoms with Crippen LogP contribution < -0.4 is 0 Å². The van der Waals surface area contributed by atoms with E-state index in [4.69, 9.17) is 0 Å². The predicted molar refractivity (Wildman–Crippen MR) is 55.9 cm³/mol. The fraction of sp³-hybridized carbons (Fsp3) is 0.909. The van der Waals surface area contributed by atoms with Crippen molar-refractivity contribution in [1.82, 2.24) is 9.80 Å². The molecule has 0 aromatic carbocycles. The zero-order chi connectivity index (χ0) is 10.3. The molecule has 3 nitrogen and oxygen atoms in total. The number of hydrogen-bond donors (Lipinski definition) is 0. The Hall–Kier alpha value is -0.570. The van der Waals surface area contributed by atoms with Crippen LogP contribution in [0.25, 0.3) is 0 Å². The van der Waals surface area contributed by atoms with E-state index in [1.54, 1.807) is 0 Å². The van der Waals surface area contributed by atoms with Crippen LogP contribution in [0.1, 0.15) is 19.8 Å². The Kier molecular flexibility index (Phi) is 2.52. The maximum absolute atomic E-state index is 11.8. The number of hydrogen-bond acceptors (Lipinski definition) is 2. The van der Waals surface area contributed by atoms with Crippen LogP contribution in [-0.4, -0.2) is 48.9 Å². The molecule has 14 heavy (non-hydrogen) atoms. The Morgan fingerprint density at radius 1 is 1.29 bits per heavy atom. The molecule has 80 valence electrons. The number of likely N-dealkylation sites (tertiary alicyclic amines) is 1. The summed E-state index contributed by atoms with van der Waals surface area (Å²) in [6.45, 7) is 4.13. The second-order valence-electron chi connectivity index (χ2n) is 5.03. The van der Waals surface area contributed by atoms with E-state index in [9.17, 15) is 4.79 Å². The van der Waals surface area contributed by atoms with Crippen LogP contribution in [-0.2, 0) is 4.79 Å². The SMILES string of the molecule is CC1CN(C(=O)C2CC2)CC1N(C)C. The first-order valence-electron chi connectivity index (χ1n) is 5.55. The van der Waals surface area contributed by atoms with Crippen molar-refractivity contribution in [1.29, 1.82) is 0 Å². The number of rotatable bonds is 2. The summed E-state index contributed by atoms with van der Waals surface area (Å²) in [5, 5.41) is 0. The number of nitrogens with zero attached hydrogens (tertiary/aromatic N) is 2. The van der Waals surface area contributed by atoms with Crippen LogP contribution in [0.4, 0.5) is 0 Å². The van der Waals surface area contributed by atoms with E-state index >= 15 is 0 Å². The van der Waals surface area contributed by atoms with Crippen molar-refractivity contribution in [2.45, 2.75) is 25.8 Å². The highest BCUT2D eigenvalue weighted by Gasteiger charge is 2.39. The highest BCUT2D eigenvalue weighted by atomic mass is 16.2. The quantitative estimate of drug-likeness (QED) is 0.652. The second-order valence-corrected chi connectivity index (χ2v) is 5.03. The molecule has 2 aliphatic rings. The molecule has 1 saturated carbocycles. The largest absolute Gasteiger partial charge is 0.341 e. The first-order valence-corrected chi connectivity index (χ1v) is 5.55. The van der Waals surface area contributed by atoms with Gasteiger partial charge in [0.25, 0.3) is 0 Å². The van der Waals surface area contributed by atoms with E-state index in [1.165, 1.54) is 0 Å². The number of likely N-dealkylation sites (N-methyl/N-ethyl adjacent to an activating group) is 1. The Balaban J connectivity index is 1.94. The maximum Gasteiger partial charge on any atom is 0.225 e. The van der Waals surface area contributed by atoms with Gasteiger partial charge >= 0.3 is 0 Å². The van der Waals surface area contributed by atoms with Gasteiger partial charge in [-0.1, -0.05) is 6.92 Å². The molecule has 2 unspecified atom stereocenters. The van der Waals surface area contributed by atoms with Crippen molar-refractivity contribution < 1.29 is 4.79 Å². The van der Waals surface area contributed by atoms with Gasteiger partial charge in [-0.15, -0.1) is 0 Å². The minimum absolute atomic E-state index is 0.378. The molecule has 1 aliphatic heterocycles. The molecular formula is C11H20N2O. The minimum Gasteiger partial charge on any atom is -0.341 e. The van der Waals surface area contributed by atoms with E-state index in [-0.39, 0.29) is 0 Å². The van der Waals surface area contributed by atoms with Gasteiger partial charge in [0, 0.05) is 25.0 Å². The van der Waals surface area contributed by atoms with E-state index in [2.05, 4.69) is 30.8 Å². The first-order chi connectivity index (χ1) is 6.59. The van der Waals surface area contributed by atoms with Gasteiger partial charge < -0.3 is 9.80 Å². The van der Waals surface area contributed by atoms with Gasteiger partial charge in [-0.2, -0.15) is 0 Å². The molecule has 0 N–H and O–H groups in total. The van der Waals surface area contributed by atoms with Crippen LogP contribution >= 0.6 is 0 Å². The molecular weight excluding hydrogens is 176 g/mol. The smallest absolute Gasteiger partial charge is 0.225 e. The van der Waals surface area contributed by atoms with Gasteiger partial charge in [0.15, 0.2) is 0 Å². The Morgan fingerprint density at radius 3 is 2.36 bits per heavy atom. The molecule has 0 radical (unpaired) electrons. The molecule has 1 aliphatic carbocycles. The average Bonchev–Trinajstić information content (AvgIpc) is 2.88. The predicted octanol–water partition coefficient (Wildman–Crippen LogP) is 0.805. The van der Waals surface area contributed by atoms with Gasteiger partial charge in [0.1, 0.15) is 0 Å². The van der Waals surface area contributed by atoms with Crippen LogP contribution in [0.3, 0.4) is 0 Å². The number of carbonyl (C=O) groups is 1. The summed E-state index contributed by atoms with van der Waals surface area (Å²) in [6, 6.07) is 0.553. The maximum atomic E-state index is 11.8. The minimum atomic E-state index is 0.378. The molecule has 0 aromatic rings. The highest BCUT2D eigenvalue weighted by Crippen LogP contribution is 2.33. The topological polar surface area (TPSA) is 23.6 Å². The van der Waals surface area contributed by atoms with Gasteiger partial charge in [-0.3, -0.25) is 4.79 Å². The highest BCUT2D eigenvalue weighted by molar-refractivity contribution is 5.81. The summed E-state index contributed by atoms with van der Waals surface area (Å²) in [5.74, 6) is 1.40. The number of carbonyl (C=O) groups excluding carboxylic acids is 1. The second kappa shape index (κ2) is 3.54. The third kappa shape index (κ3) is 1.78. The first kappa shape index (κ1) is 9.97.